The van der Waals surface area contributed by atoms with Crippen LogP contribution in [0.25, 0.3) is 6.08 Å². The number of aromatic nitrogens is 1. The van der Waals surface area contributed by atoms with Crippen LogP contribution >= 0.6 is 11.3 Å². The van der Waals surface area contributed by atoms with Gasteiger partial charge in [-0.15, -0.1) is 0 Å². The number of carbonyl (C=O) groups excluding carboxylic acids is 2. The van der Waals surface area contributed by atoms with Crippen molar-refractivity contribution in [2.24, 2.45) is 10.9 Å². The van der Waals surface area contributed by atoms with Crippen LogP contribution in [0.15, 0.2) is 63.5 Å². The number of esters is 2. The molecule has 42 heavy (non-hydrogen) atoms. The van der Waals surface area contributed by atoms with Crippen LogP contribution in [0.4, 0.5) is 0 Å². The average molecular weight is 593 g/mol. The van der Waals surface area contributed by atoms with E-state index in [4.69, 9.17) is 18.9 Å². The summed E-state index contributed by atoms with van der Waals surface area (Å²) in [5.41, 5.74) is 1.83. The second-order valence-electron chi connectivity index (χ2n) is 10.3. The zero-order valence-corrected chi connectivity index (χ0v) is 25.6. The maximum Gasteiger partial charge on any atom is 0.338 e. The Labute approximate surface area is 248 Å². The molecule has 2 heterocycles. The molecule has 3 aromatic rings. The first kappa shape index (κ1) is 30.8. The highest BCUT2D eigenvalue weighted by Gasteiger charge is 2.34. The number of thiazole rings is 1. The minimum Gasteiger partial charge on any atom is -0.494 e. The van der Waals surface area contributed by atoms with Crippen molar-refractivity contribution in [1.82, 2.24) is 4.57 Å². The highest BCUT2D eigenvalue weighted by Crippen LogP contribution is 2.36. The van der Waals surface area contributed by atoms with Gasteiger partial charge < -0.3 is 18.9 Å². The van der Waals surface area contributed by atoms with E-state index in [0.29, 0.717) is 27.2 Å². The molecule has 1 aliphatic rings. The van der Waals surface area contributed by atoms with Crippen LogP contribution in [-0.2, 0) is 14.3 Å². The highest BCUT2D eigenvalue weighted by atomic mass is 32.1. The maximum atomic E-state index is 13.9. The van der Waals surface area contributed by atoms with Gasteiger partial charge in [-0.2, -0.15) is 0 Å². The van der Waals surface area contributed by atoms with Crippen molar-refractivity contribution in [2.75, 3.05) is 20.3 Å². The lowest BCUT2D eigenvalue weighted by Gasteiger charge is -2.25. The van der Waals surface area contributed by atoms with Crippen molar-refractivity contribution in [3.05, 3.63) is 84.5 Å². The number of carbonyl (C=O) groups is 2. The quantitative estimate of drug-likeness (QED) is 0.183. The van der Waals surface area contributed by atoms with E-state index in [1.54, 1.807) is 31.2 Å². The van der Waals surface area contributed by atoms with Crippen molar-refractivity contribution in [3.8, 4) is 17.2 Å². The van der Waals surface area contributed by atoms with Crippen LogP contribution in [0, 0.1) is 5.92 Å². The minimum absolute atomic E-state index is 0.126. The van der Waals surface area contributed by atoms with Gasteiger partial charge in [-0.1, -0.05) is 56.7 Å². The fourth-order valence-electron chi connectivity index (χ4n) is 4.46. The molecule has 0 spiro atoms. The zero-order valence-electron chi connectivity index (χ0n) is 24.8. The summed E-state index contributed by atoms with van der Waals surface area (Å²) < 4.78 is 24.1. The van der Waals surface area contributed by atoms with Gasteiger partial charge >= 0.3 is 11.9 Å². The summed E-state index contributed by atoms with van der Waals surface area (Å²) in [5, 5.41) is 0. The van der Waals surface area contributed by atoms with Crippen molar-refractivity contribution < 1.29 is 28.5 Å². The molecule has 0 saturated carbocycles. The van der Waals surface area contributed by atoms with Crippen LogP contribution in [0.1, 0.15) is 64.6 Å². The Morgan fingerprint density at radius 1 is 1.12 bits per heavy atom. The number of hydrogen-bond donors (Lipinski definition) is 0. The Morgan fingerprint density at radius 3 is 2.50 bits per heavy atom. The van der Waals surface area contributed by atoms with E-state index in [0.717, 1.165) is 24.2 Å². The van der Waals surface area contributed by atoms with Gasteiger partial charge in [0.15, 0.2) is 16.3 Å². The van der Waals surface area contributed by atoms with Gasteiger partial charge in [0.25, 0.3) is 5.56 Å². The Balaban J connectivity index is 1.82. The molecule has 2 aromatic carbocycles. The number of methoxy groups -OCH3 is 1. The monoisotopic (exact) mass is 592 g/mol. The third-order valence-electron chi connectivity index (χ3n) is 6.49. The third-order valence-corrected chi connectivity index (χ3v) is 7.47. The van der Waals surface area contributed by atoms with Gasteiger partial charge in [0.1, 0.15) is 5.75 Å². The lowest BCUT2D eigenvalue weighted by molar-refractivity contribution is -0.140. The first-order chi connectivity index (χ1) is 20.1. The van der Waals surface area contributed by atoms with Crippen molar-refractivity contribution in [3.63, 3.8) is 0 Å². The smallest absolute Gasteiger partial charge is 0.338 e. The summed E-state index contributed by atoms with van der Waals surface area (Å²) >= 11 is 1.24. The van der Waals surface area contributed by atoms with Gasteiger partial charge in [-0.25, -0.2) is 9.79 Å². The molecule has 0 amide bonds. The first-order valence-corrected chi connectivity index (χ1v) is 14.7. The number of benzene rings is 2. The second-order valence-corrected chi connectivity index (χ2v) is 11.4. The average Bonchev–Trinajstić information content (AvgIpc) is 3.25. The molecule has 222 valence electrons. The van der Waals surface area contributed by atoms with Crippen molar-refractivity contribution in [1.29, 1.82) is 0 Å². The number of nitrogens with zero attached hydrogens (tertiary/aromatic N) is 2. The Bertz CT molecular complexity index is 1670. The predicted octanol–water partition coefficient (Wildman–Crippen LogP) is 4.55. The SMILES string of the molecule is CCCCOc1ccc(/C=c2\sc3n(c2=O)[C@@H](c2ccc(OC(C)=O)c(OC)c2)C(C(=O)OCC(C)C)=C(C)N=3)cc1. The fourth-order valence-corrected chi connectivity index (χ4v) is 5.50. The van der Waals surface area contributed by atoms with E-state index < -0.39 is 18.0 Å². The van der Waals surface area contributed by atoms with Crippen molar-refractivity contribution in [2.45, 2.75) is 53.5 Å². The highest BCUT2D eigenvalue weighted by molar-refractivity contribution is 7.07. The summed E-state index contributed by atoms with van der Waals surface area (Å²) in [5.74, 6) is 0.368. The molecule has 0 bridgehead atoms. The van der Waals surface area contributed by atoms with E-state index in [1.165, 1.54) is 29.9 Å². The number of ether oxygens (including phenoxy) is 4. The van der Waals surface area contributed by atoms with Gasteiger partial charge in [0.2, 0.25) is 0 Å². The van der Waals surface area contributed by atoms with Gasteiger partial charge in [-0.3, -0.25) is 14.2 Å². The molecule has 0 N–H and O–H groups in total. The molecule has 4 rings (SSSR count). The van der Waals surface area contributed by atoms with E-state index in [2.05, 4.69) is 11.9 Å². The Morgan fingerprint density at radius 2 is 1.86 bits per heavy atom. The summed E-state index contributed by atoms with van der Waals surface area (Å²) in [7, 11) is 1.45. The molecule has 0 radical (unpaired) electrons. The number of hydrogen-bond acceptors (Lipinski definition) is 9. The fraction of sp³-hybridized carbons (Fsp3) is 0.375. The van der Waals surface area contributed by atoms with Crippen LogP contribution in [0.5, 0.6) is 17.2 Å². The summed E-state index contributed by atoms with van der Waals surface area (Å²) in [6, 6.07) is 11.7. The third kappa shape index (κ3) is 6.99. The summed E-state index contributed by atoms with van der Waals surface area (Å²) in [4.78, 5) is 44.1. The van der Waals surface area contributed by atoms with Crippen LogP contribution in [0.3, 0.4) is 0 Å². The topological polar surface area (TPSA) is 105 Å². The van der Waals surface area contributed by atoms with E-state index >= 15 is 0 Å². The molecule has 0 fully saturated rings. The Kier molecular flexibility index (Phi) is 10.0. The molecule has 0 aliphatic carbocycles. The predicted molar refractivity (Wildman–Crippen MR) is 161 cm³/mol. The van der Waals surface area contributed by atoms with Crippen LogP contribution < -0.4 is 29.1 Å². The number of rotatable bonds is 11. The number of unbranched alkanes of at least 4 members (excludes halogenated alkanes) is 1. The summed E-state index contributed by atoms with van der Waals surface area (Å²) in [6.45, 7) is 9.92. The second kappa shape index (κ2) is 13.7. The summed E-state index contributed by atoms with van der Waals surface area (Å²) in [6.07, 6.45) is 3.84. The number of fused-ring (bicyclic) bond motifs is 1. The molecule has 0 unspecified atom stereocenters. The lowest BCUT2D eigenvalue weighted by Crippen LogP contribution is -2.40. The minimum atomic E-state index is -0.835. The zero-order chi connectivity index (χ0) is 30.4. The van der Waals surface area contributed by atoms with E-state index in [1.807, 2.05) is 38.1 Å². The van der Waals surface area contributed by atoms with Gasteiger partial charge in [0.05, 0.1) is 42.2 Å². The lowest BCUT2D eigenvalue weighted by atomic mass is 9.95. The van der Waals surface area contributed by atoms with Crippen molar-refractivity contribution >= 4 is 29.4 Å². The largest absolute Gasteiger partial charge is 0.494 e. The van der Waals surface area contributed by atoms with E-state index in [-0.39, 0.29) is 35.2 Å². The van der Waals surface area contributed by atoms with Crippen LogP contribution in [0.2, 0.25) is 0 Å². The molecular weight excluding hydrogens is 556 g/mol. The molecule has 10 heteroatoms. The Hall–Kier alpha value is -4.18. The molecule has 9 nitrogen and oxygen atoms in total. The van der Waals surface area contributed by atoms with Gasteiger partial charge in [-0.05, 0) is 60.7 Å². The molecule has 0 saturated heterocycles. The molecular formula is C32H36N2O7S. The normalized spacial score (nSPS) is 14.8. The van der Waals surface area contributed by atoms with E-state index in [9.17, 15) is 14.4 Å². The van der Waals surface area contributed by atoms with Gasteiger partial charge in [0, 0.05) is 6.92 Å². The molecule has 1 aromatic heterocycles. The number of allylic oxidation sites excluding steroid dienone is 1. The molecule has 1 aliphatic heterocycles. The maximum absolute atomic E-state index is 13.9. The first-order valence-electron chi connectivity index (χ1n) is 13.9. The molecule has 1 atom stereocenters. The van der Waals surface area contributed by atoms with Crippen LogP contribution in [-0.4, -0.2) is 36.8 Å². The standard InChI is InChI=1S/C32H36N2O7S/c1-7-8-15-39-24-12-9-22(10-13-24)16-27-30(36)34-29(23-11-14-25(41-21(5)35)26(17-23)38-6)28(20(4)33-32(34)42-27)31(37)40-18-19(2)3/h9-14,16-17,19,29H,7-8,15,18H2,1-6H3/b27-16-/t29-/m0/s1.